The Labute approximate surface area is 124 Å². The van der Waals surface area contributed by atoms with E-state index in [-0.39, 0.29) is 5.75 Å². The number of carbonyl (C=O) groups excluding carboxylic acids is 1. The largest absolute Gasteiger partial charge is 0.361 e. The molecular weight excluding hydrogens is 288 g/mol. The van der Waals surface area contributed by atoms with Crippen molar-refractivity contribution in [2.24, 2.45) is 0 Å². The number of hydrogen-bond donors (Lipinski definition) is 2. The molecule has 0 aliphatic carbocycles. The van der Waals surface area contributed by atoms with E-state index in [4.69, 9.17) is 0 Å². The molecule has 0 unspecified atom stereocenters. The van der Waals surface area contributed by atoms with Gasteiger partial charge in [0.25, 0.3) is 0 Å². The van der Waals surface area contributed by atoms with E-state index in [2.05, 4.69) is 16.9 Å². The molecule has 0 atom stereocenters. The standard InChI is InChI=1S/C15H18N2O3S/c1-2-9-21(19,20)11-15(18)16-8-7-12-10-17-14-6-4-3-5-13(12)14/h2-6,10,17H,1,7-9,11H2,(H,16,18). The molecule has 112 valence electrons. The molecule has 6 heteroatoms. The van der Waals surface area contributed by atoms with Crippen LogP contribution < -0.4 is 5.32 Å². The van der Waals surface area contributed by atoms with Crippen LogP contribution in [0, 0.1) is 0 Å². The Balaban J connectivity index is 1.87. The van der Waals surface area contributed by atoms with Crippen LogP contribution in [0.2, 0.25) is 0 Å². The summed E-state index contributed by atoms with van der Waals surface area (Å²) in [4.78, 5) is 14.8. The van der Waals surface area contributed by atoms with Gasteiger partial charge in [-0.15, -0.1) is 6.58 Å². The molecule has 0 radical (unpaired) electrons. The number of para-hydroxylation sites is 1. The SMILES string of the molecule is C=CCS(=O)(=O)CC(=O)NCCc1c[nH]c2ccccc12. The van der Waals surface area contributed by atoms with Gasteiger partial charge >= 0.3 is 0 Å². The molecule has 0 aliphatic rings. The van der Waals surface area contributed by atoms with Gasteiger partial charge in [-0.3, -0.25) is 4.79 Å². The second kappa shape index (κ2) is 6.58. The highest BCUT2D eigenvalue weighted by molar-refractivity contribution is 7.92. The number of sulfone groups is 1. The molecule has 0 spiro atoms. The van der Waals surface area contributed by atoms with Crippen LogP contribution in [-0.2, 0) is 21.1 Å². The van der Waals surface area contributed by atoms with Crippen LogP contribution in [0.4, 0.5) is 0 Å². The minimum absolute atomic E-state index is 0.178. The van der Waals surface area contributed by atoms with E-state index < -0.39 is 21.5 Å². The number of aromatic nitrogens is 1. The lowest BCUT2D eigenvalue weighted by Gasteiger charge is -2.05. The monoisotopic (exact) mass is 306 g/mol. The smallest absolute Gasteiger partial charge is 0.235 e. The topological polar surface area (TPSA) is 79.0 Å². The van der Waals surface area contributed by atoms with Crippen molar-refractivity contribution in [2.45, 2.75) is 6.42 Å². The lowest BCUT2D eigenvalue weighted by atomic mass is 10.1. The third kappa shape index (κ3) is 4.19. The van der Waals surface area contributed by atoms with Gasteiger partial charge in [0.2, 0.25) is 5.91 Å². The number of carbonyl (C=O) groups is 1. The highest BCUT2D eigenvalue weighted by Crippen LogP contribution is 2.17. The molecule has 21 heavy (non-hydrogen) atoms. The van der Waals surface area contributed by atoms with Crippen molar-refractivity contribution in [1.82, 2.24) is 10.3 Å². The maximum absolute atomic E-state index is 11.6. The van der Waals surface area contributed by atoms with Crippen LogP contribution in [0.5, 0.6) is 0 Å². The van der Waals surface area contributed by atoms with Gasteiger partial charge in [-0.1, -0.05) is 24.3 Å². The summed E-state index contributed by atoms with van der Waals surface area (Å²) in [7, 11) is -3.39. The maximum atomic E-state index is 11.6. The zero-order valence-electron chi connectivity index (χ0n) is 11.6. The molecule has 2 aromatic rings. The quantitative estimate of drug-likeness (QED) is 0.760. The van der Waals surface area contributed by atoms with Gasteiger partial charge in [0.15, 0.2) is 9.84 Å². The summed E-state index contributed by atoms with van der Waals surface area (Å²) in [5.74, 6) is -1.15. The first-order chi connectivity index (χ1) is 10.0. The zero-order valence-corrected chi connectivity index (χ0v) is 12.4. The first-order valence-corrected chi connectivity index (χ1v) is 8.47. The molecule has 1 aromatic carbocycles. The molecule has 2 N–H and O–H groups in total. The average Bonchev–Trinajstić information content (AvgIpc) is 2.81. The highest BCUT2D eigenvalue weighted by atomic mass is 32.2. The molecule has 5 nitrogen and oxygen atoms in total. The number of H-pyrrole nitrogens is 1. The number of fused-ring (bicyclic) bond motifs is 1. The van der Waals surface area contributed by atoms with Gasteiger partial charge in [-0.2, -0.15) is 0 Å². The normalized spacial score (nSPS) is 11.4. The minimum atomic E-state index is -3.39. The Hall–Kier alpha value is -2.08. The Kier molecular flexibility index (Phi) is 4.80. The Morgan fingerprint density at radius 1 is 1.33 bits per heavy atom. The number of aromatic amines is 1. The van der Waals surface area contributed by atoms with Gasteiger partial charge in [0.05, 0.1) is 5.75 Å². The minimum Gasteiger partial charge on any atom is -0.361 e. The third-order valence-corrected chi connectivity index (χ3v) is 4.56. The molecule has 1 heterocycles. The fraction of sp³-hybridized carbons (Fsp3) is 0.267. The summed E-state index contributed by atoms with van der Waals surface area (Å²) in [6.45, 7) is 3.77. The Bertz CT molecular complexity index is 747. The second-order valence-corrected chi connectivity index (χ2v) is 6.91. The van der Waals surface area contributed by atoms with E-state index >= 15 is 0 Å². The summed E-state index contributed by atoms with van der Waals surface area (Å²) in [6, 6.07) is 7.91. The highest BCUT2D eigenvalue weighted by Gasteiger charge is 2.14. The molecular formula is C15H18N2O3S. The third-order valence-electron chi connectivity index (χ3n) is 3.11. The van der Waals surface area contributed by atoms with E-state index in [0.717, 1.165) is 16.5 Å². The van der Waals surface area contributed by atoms with Gasteiger partial charge in [0, 0.05) is 23.6 Å². The molecule has 0 fully saturated rings. The fourth-order valence-electron chi connectivity index (χ4n) is 2.16. The van der Waals surface area contributed by atoms with E-state index in [1.54, 1.807) is 0 Å². The summed E-state index contributed by atoms with van der Waals surface area (Å²) in [5.41, 5.74) is 2.15. The van der Waals surface area contributed by atoms with Crippen molar-refractivity contribution in [2.75, 3.05) is 18.1 Å². The number of benzene rings is 1. The Morgan fingerprint density at radius 3 is 2.86 bits per heavy atom. The predicted octanol–water partition coefficient (Wildman–Crippen LogP) is 1.43. The van der Waals surface area contributed by atoms with Gasteiger partial charge in [0.1, 0.15) is 5.75 Å². The van der Waals surface area contributed by atoms with Crippen LogP contribution in [0.15, 0.2) is 43.1 Å². The van der Waals surface area contributed by atoms with Crippen molar-refractivity contribution in [1.29, 1.82) is 0 Å². The summed E-state index contributed by atoms with van der Waals surface area (Å²) in [6.07, 6.45) is 3.84. The van der Waals surface area contributed by atoms with E-state index in [1.807, 2.05) is 30.5 Å². The van der Waals surface area contributed by atoms with Crippen LogP contribution in [0.25, 0.3) is 10.9 Å². The molecule has 0 saturated carbocycles. The van der Waals surface area contributed by atoms with Crippen molar-refractivity contribution >= 4 is 26.6 Å². The lowest BCUT2D eigenvalue weighted by Crippen LogP contribution is -2.32. The second-order valence-electron chi connectivity index (χ2n) is 4.80. The average molecular weight is 306 g/mol. The fourth-order valence-corrected chi connectivity index (χ4v) is 3.14. The predicted molar refractivity (Wildman–Crippen MR) is 83.9 cm³/mol. The maximum Gasteiger partial charge on any atom is 0.235 e. The van der Waals surface area contributed by atoms with Crippen LogP contribution in [0.3, 0.4) is 0 Å². The first kappa shape index (κ1) is 15.3. The molecule has 1 amide bonds. The van der Waals surface area contributed by atoms with Crippen molar-refractivity contribution in [3.05, 3.63) is 48.7 Å². The number of rotatable bonds is 7. The number of hydrogen-bond acceptors (Lipinski definition) is 3. The zero-order chi connectivity index (χ0) is 15.3. The molecule has 1 aromatic heterocycles. The number of amides is 1. The van der Waals surface area contributed by atoms with E-state index in [0.29, 0.717) is 13.0 Å². The Morgan fingerprint density at radius 2 is 2.10 bits per heavy atom. The van der Waals surface area contributed by atoms with E-state index in [1.165, 1.54) is 6.08 Å². The van der Waals surface area contributed by atoms with Crippen LogP contribution >= 0.6 is 0 Å². The van der Waals surface area contributed by atoms with Crippen molar-refractivity contribution in [3.8, 4) is 0 Å². The van der Waals surface area contributed by atoms with Crippen LogP contribution in [-0.4, -0.2) is 37.4 Å². The molecule has 2 rings (SSSR count). The van der Waals surface area contributed by atoms with Crippen molar-refractivity contribution in [3.63, 3.8) is 0 Å². The molecule has 0 bridgehead atoms. The molecule has 0 saturated heterocycles. The van der Waals surface area contributed by atoms with Crippen molar-refractivity contribution < 1.29 is 13.2 Å². The van der Waals surface area contributed by atoms with E-state index in [9.17, 15) is 13.2 Å². The van der Waals surface area contributed by atoms with Crippen LogP contribution in [0.1, 0.15) is 5.56 Å². The summed E-state index contributed by atoms with van der Waals surface area (Å²) >= 11 is 0. The summed E-state index contributed by atoms with van der Waals surface area (Å²) in [5, 5.41) is 3.75. The summed E-state index contributed by atoms with van der Waals surface area (Å²) < 4.78 is 22.9. The number of nitrogens with one attached hydrogen (secondary N) is 2. The van der Waals surface area contributed by atoms with Gasteiger partial charge in [-0.25, -0.2) is 8.42 Å². The molecule has 0 aliphatic heterocycles. The first-order valence-electron chi connectivity index (χ1n) is 6.65. The lowest BCUT2D eigenvalue weighted by molar-refractivity contribution is -0.118. The van der Waals surface area contributed by atoms with Gasteiger partial charge < -0.3 is 10.3 Å². The van der Waals surface area contributed by atoms with Gasteiger partial charge in [-0.05, 0) is 18.1 Å².